The number of halogens is 2. The Kier molecular flexibility index (Phi) is 5.83. The maximum absolute atomic E-state index is 13.0. The average molecular weight is 413 g/mol. The Hall–Kier alpha value is -3.16. The number of benzene rings is 1. The van der Waals surface area contributed by atoms with Gasteiger partial charge in [-0.2, -0.15) is 0 Å². The summed E-state index contributed by atoms with van der Waals surface area (Å²) < 4.78 is 27.6. The first-order chi connectivity index (χ1) is 14.5. The summed E-state index contributed by atoms with van der Waals surface area (Å²) in [4.78, 5) is 16.6. The Labute approximate surface area is 173 Å². The molecule has 8 heteroatoms. The molecule has 1 amide bonds. The molecule has 1 aromatic carbocycles. The fourth-order valence-electron chi connectivity index (χ4n) is 4.01. The van der Waals surface area contributed by atoms with Gasteiger partial charge in [0, 0.05) is 31.0 Å². The predicted molar refractivity (Wildman–Crippen MR) is 113 cm³/mol. The van der Waals surface area contributed by atoms with Crippen molar-refractivity contribution in [3.63, 3.8) is 0 Å². The number of carbonyl (C=O) groups is 1. The third-order valence-corrected chi connectivity index (χ3v) is 5.59. The minimum atomic E-state index is -2.59. The van der Waals surface area contributed by atoms with Gasteiger partial charge in [-0.3, -0.25) is 9.20 Å². The van der Waals surface area contributed by atoms with Crippen molar-refractivity contribution >= 4 is 23.1 Å². The van der Waals surface area contributed by atoms with Gasteiger partial charge in [-0.25, -0.2) is 13.8 Å². The van der Waals surface area contributed by atoms with Gasteiger partial charge in [0.1, 0.15) is 17.2 Å². The van der Waals surface area contributed by atoms with E-state index >= 15 is 0 Å². The van der Waals surface area contributed by atoms with E-state index in [1.807, 2.05) is 36.4 Å². The molecule has 158 valence electrons. The maximum Gasteiger partial charge on any atom is 0.281 e. The molecule has 0 unspecified atom stereocenters. The molecule has 1 saturated carbocycles. The van der Waals surface area contributed by atoms with Gasteiger partial charge in [-0.05, 0) is 49.9 Å². The lowest BCUT2D eigenvalue weighted by molar-refractivity contribution is 0.0927. The lowest BCUT2D eigenvalue weighted by Crippen LogP contribution is -2.40. The fourth-order valence-corrected chi connectivity index (χ4v) is 4.01. The summed E-state index contributed by atoms with van der Waals surface area (Å²) in [7, 11) is 1.80. The number of fused-ring (bicyclic) bond motifs is 1. The summed E-state index contributed by atoms with van der Waals surface area (Å²) in [5, 5.41) is 9.64. The summed E-state index contributed by atoms with van der Waals surface area (Å²) in [6, 6.07) is 13.2. The van der Waals surface area contributed by atoms with Crippen molar-refractivity contribution < 1.29 is 13.6 Å². The minimum Gasteiger partial charge on any atom is -0.387 e. The van der Waals surface area contributed by atoms with Crippen LogP contribution in [-0.2, 0) is 0 Å². The highest BCUT2D eigenvalue weighted by Crippen LogP contribution is 2.25. The zero-order valence-corrected chi connectivity index (χ0v) is 16.7. The molecule has 0 spiro atoms. The van der Waals surface area contributed by atoms with Crippen molar-refractivity contribution in [2.75, 3.05) is 17.7 Å². The third-order valence-electron chi connectivity index (χ3n) is 5.59. The number of hydrogen-bond acceptors (Lipinski definition) is 4. The van der Waals surface area contributed by atoms with E-state index in [9.17, 15) is 13.6 Å². The number of hydrogen-bond donors (Lipinski definition) is 3. The average Bonchev–Trinajstić information content (AvgIpc) is 3.21. The summed E-state index contributed by atoms with van der Waals surface area (Å²) in [6.45, 7) is 0. The van der Waals surface area contributed by atoms with Crippen LogP contribution in [0.2, 0.25) is 0 Å². The predicted octanol–water partition coefficient (Wildman–Crippen LogP) is 4.47. The van der Waals surface area contributed by atoms with Crippen LogP contribution in [0.3, 0.4) is 0 Å². The molecular weight excluding hydrogens is 388 g/mol. The van der Waals surface area contributed by atoms with E-state index in [2.05, 4.69) is 20.9 Å². The van der Waals surface area contributed by atoms with Gasteiger partial charge in [0.2, 0.25) is 0 Å². The number of nitrogens with zero attached hydrogens (tertiary/aromatic N) is 2. The van der Waals surface area contributed by atoms with Gasteiger partial charge < -0.3 is 16.0 Å². The molecule has 0 radical (unpaired) electrons. The molecule has 30 heavy (non-hydrogen) atoms. The Bertz CT molecular complexity index is 1030. The van der Waals surface area contributed by atoms with Crippen LogP contribution >= 0.6 is 0 Å². The Morgan fingerprint density at radius 1 is 1.07 bits per heavy atom. The Morgan fingerprint density at radius 2 is 1.80 bits per heavy atom. The van der Waals surface area contributed by atoms with Crippen LogP contribution in [0, 0.1) is 0 Å². The van der Waals surface area contributed by atoms with Gasteiger partial charge in [-0.1, -0.05) is 18.2 Å². The number of alkyl halides is 2. The van der Waals surface area contributed by atoms with Crippen LogP contribution in [0.5, 0.6) is 0 Å². The Balaban J connectivity index is 1.36. The smallest absolute Gasteiger partial charge is 0.281 e. The highest BCUT2D eigenvalue weighted by Gasteiger charge is 2.24. The first-order valence-corrected chi connectivity index (χ1v) is 10.2. The number of rotatable bonds is 6. The minimum absolute atomic E-state index is 0.0703. The lowest BCUT2D eigenvalue weighted by atomic mass is 9.91. The molecule has 1 fully saturated rings. The number of carbonyl (C=O) groups excluding carboxylic acids is 1. The number of pyridine rings is 1. The van der Waals surface area contributed by atoms with E-state index in [0.29, 0.717) is 11.2 Å². The van der Waals surface area contributed by atoms with Crippen LogP contribution in [0.15, 0.2) is 48.7 Å². The van der Waals surface area contributed by atoms with E-state index in [-0.39, 0.29) is 23.7 Å². The van der Waals surface area contributed by atoms with E-state index in [1.54, 1.807) is 17.5 Å². The molecular formula is C22H25F2N5O. The fraction of sp³-hybridized carbons (Fsp3) is 0.364. The molecule has 3 aromatic rings. The van der Waals surface area contributed by atoms with Crippen LogP contribution in [0.4, 0.5) is 20.3 Å². The molecule has 1 aliphatic rings. The second-order valence-corrected chi connectivity index (χ2v) is 7.57. The topological polar surface area (TPSA) is 70.5 Å². The zero-order valence-electron chi connectivity index (χ0n) is 16.7. The number of amides is 1. The number of imidazole rings is 1. The van der Waals surface area contributed by atoms with Gasteiger partial charge in [0.25, 0.3) is 12.3 Å². The van der Waals surface area contributed by atoms with E-state index in [1.165, 1.54) is 6.20 Å². The van der Waals surface area contributed by atoms with Crippen molar-refractivity contribution in [2.24, 2.45) is 0 Å². The van der Waals surface area contributed by atoms with Gasteiger partial charge in [0.15, 0.2) is 0 Å². The molecule has 0 saturated heterocycles. The third kappa shape index (κ3) is 4.22. The van der Waals surface area contributed by atoms with Gasteiger partial charge in [-0.15, -0.1) is 0 Å². The summed E-state index contributed by atoms with van der Waals surface area (Å²) >= 11 is 0. The zero-order chi connectivity index (χ0) is 21.1. The molecule has 2 aromatic heterocycles. The van der Waals surface area contributed by atoms with E-state index in [0.717, 1.165) is 37.2 Å². The maximum atomic E-state index is 13.0. The molecule has 0 atom stereocenters. The molecule has 3 N–H and O–H groups in total. The monoisotopic (exact) mass is 413 g/mol. The van der Waals surface area contributed by atoms with E-state index < -0.39 is 6.43 Å². The quantitative estimate of drug-likeness (QED) is 0.558. The number of aromatic nitrogens is 2. The van der Waals surface area contributed by atoms with Gasteiger partial charge >= 0.3 is 0 Å². The number of anilines is 2. The molecule has 1 aliphatic carbocycles. The standard InChI is InChI=1S/C22H25F2N5O/c1-25-17-6-3-2-5-16(17)22(30)27-15-11-9-14(10-12-15)26-19-7-4-8-20-28-18(21(23)24)13-29(19)20/h2-8,13-15,21,25-26H,9-12H2,1H3,(H,27,30). The lowest BCUT2D eigenvalue weighted by Gasteiger charge is -2.30. The van der Waals surface area contributed by atoms with Crippen molar-refractivity contribution in [3.05, 3.63) is 59.9 Å². The SMILES string of the molecule is CNc1ccccc1C(=O)NC1CCC(Nc2cccc3nc(C(F)F)cn23)CC1. The van der Waals surface area contributed by atoms with Gasteiger partial charge in [0.05, 0.1) is 5.56 Å². The summed E-state index contributed by atoms with van der Waals surface area (Å²) in [5.41, 5.74) is 1.72. The second-order valence-electron chi connectivity index (χ2n) is 7.57. The number of nitrogens with one attached hydrogen (secondary N) is 3. The van der Waals surface area contributed by atoms with Crippen molar-refractivity contribution in [1.29, 1.82) is 0 Å². The Morgan fingerprint density at radius 3 is 2.53 bits per heavy atom. The van der Waals surface area contributed by atoms with Crippen LogP contribution < -0.4 is 16.0 Å². The summed E-state index contributed by atoms with van der Waals surface area (Å²) in [6.07, 6.45) is 2.26. The first kappa shape index (κ1) is 20.1. The van der Waals surface area contributed by atoms with Crippen molar-refractivity contribution in [3.8, 4) is 0 Å². The molecule has 6 nitrogen and oxygen atoms in total. The summed E-state index contributed by atoms with van der Waals surface area (Å²) in [5.74, 6) is 0.682. The highest BCUT2D eigenvalue weighted by molar-refractivity contribution is 5.99. The van der Waals surface area contributed by atoms with Crippen LogP contribution in [0.25, 0.3) is 5.65 Å². The van der Waals surface area contributed by atoms with E-state index in [4.69, 9.17) is 0 Å². The molecule has 4 rings (SSSR count). The first-order valence-electron chi connectivity index (χ1n) is 10.2. The molecule has 2 heterocycles. The highest BCUT2D eigenvalue weighted by atomic mass is 19.3. The van der Waals surface area contributed by atoms with Crippen molar-refractivity contribution in [1.82, 2.24) is 14.7 Å². The normalized spacial score (nSPS) is 19.1. The molecule has 0 aliphatic heterocycles. The second kappa shape index (κ2) is 8.69. The number of para-hydroxylation sites is 1. The molecule has 0 bridgehead atoms. The van der Waals surface area contributed by atoms with Crippen molar-refractivity contribution in [2.45, 2.75) is 44.2 Å². The van der Waals surface area contributed by atoms with Crippen LogP contribution in [0.1, 0.15) is 48.2 Å². The van der Waals surface area contributed by atoms with Crippen LogP contribution in [-0.4, -0.2) is 34.4 Å². The largest absolute Gasteiger partial charge is 0.387 e.